The molecule has 29 heavy (non-hydrogen) atoms. The van der Waals surface area contributed by atoms with E-state index in [-0.39, 0.29) is 26.6 Å². The third-order valence-corrected chi connectivity index (χ3v) is 6.85. The number of hydroxylamine groups is 2. The van der Waals surface area contributed by atoms with Gasteiger partial charge in [-0.25, -0.2) is 13.2 Å². The second kappa shape index (κ2) is 7.15. The number of carbonyl (C=O) groups excluding carboxylic acids is 3. The van der Waals surface area contributed by atoms with E-state index in [9.17, 15) is 22.8 Å². The molecule has 3 aromatic rings. The van der Waals surface area contributed by atoms with Gasteiger partial charge in [-0.1, -0.05) is 35.4 Å². The Bertz CT molecular complexity index is 1200. The number of nitrogens with one attached hydrogen (secondary N) is 1. The predicted octanol–water partition coefficient (Wildman–Crippen LogP) is 2.92. The number of amides is 2. The summed E-state index contributed by atoms with van der Waals surface area (Å²) in [6.07, 6.45) is 0. The van der Waals surface area contributed by atoms with Gasteiger partial charge in [-0.3, -0.25) is 14.3 Å². The maximum atomic E-state index is 12.6. The fraction of sp³-hybridized carbons (Fsp3) is 0. The van der Waals surface area contributed by atoms with Crippen molar-refractivity contribution < 1.29 is 27.6 Å². The Labute approximate surface area is 169 Å². The largest absolute Gasteiger partial charge is 0.366 e. The fourth-order valence-corrected chi connectivity index (χ4v) is 4.82. The second-order valence-electron chi connectivity index (χ2n) is 5.91. The molecule has 0 atom stereocenters. The zero-order valence-electron chi connectivity index (χ0n) is 14.6. The molecule has 0 fully saturated rings. The number of sulfonamides is 1. The van der Waals surface area contributed by atoms with Crippen LogP contribution in [0, 0.1) is 0 Å². The lowest BCUT2D eigenvalue weighted by atomic mass is 10.1. The summed E-state index contributed by atoms with van der Waals surface area (Å²) >= 11 is 1.02. The first-order valence-corrected chi connectivity index (χ1v) is 10.6. The minimum Gasteiger partial charge on any atom is -0.324 e. The lowest BCUT2D eigenvalue weighted by molar-refractivity contribution is -0.0583. The van der Waals surface area contributed by atoms with Gasteiger partial charge in [0.1, 0.15) is 4.21 Å². The lowest BCUT2D eigenvalue weighted by Crippen LogP contribution is -2.33. The Balaban J connectivity index is 1.60. The maximum Gasteiger partial charge on any atom is 0.366 e. The minimum atomic E-state index is -3.91. The normalized spacial score (nSPS) is 13.3. The minimum absolute atomic E-state index is 0.0393. The standard InChI is InChI=1S/C19H12N2O6S2/c22-17-12-6-1-2-7-13(12)18(23)21(17)27-19(24)14-8-3-4-9-15(14)20-29(25,26)16-10-5-11-28-16/h1-11,20H. The smallest absolute Gasteiger partial charge is 0.324 e. The highest BCUT2D eigenvalue weighted by Gasteiger charge is 2.39. The van der Waals surface area contributed by atoms with E-state index in [4.69, 9.17) is 4.84 Å². The first kappa shape index (κ1) is 18.8. The first-order valence-electron chi connectivity index (χ1n) is 8.24. The molecule has 146 valence electrons. The summed E-state index contributed by atoms with van der Waals surface area (Å²) in [6.45, 7) is 0. The summed E-state index contributed by atoms with van der Waals surface area (Å²) in [4.78, 5) is 42.4. The number of hydrogen-bond acceptors (Lipinski definition) is 7. The number of nitrogens with zero attached hydrogens (tertiary/aromatic N) is 1. The van der Waals surface area contributed by atoms with Gasteiger partial charge in [0.15, 0.2) is 0 Å². The van der Waals surface area contributed by atoms with Crippen LogP contribution in [0.3, 0.4) is 0 Å². The van der Waals surface area contributed by atoms with Crippen LogP contribution in [0.1, 0.15) is 31.1 Å². The Hall–Kier alpha value is -3.50. The lowest BCUT2D eigenvalue weighted by Gasteiger charge is -2.15. The molecule has 8 nitrogen and oxygen atoms in total. The van der Waals surface area contributed by atoms with E-state index >= 15 is 0 Å². The van der Waals surface area contributed by atoms with E-state index in [1.54, 1.807) is 23.6 Å². The highest BCUT2D eigenvalue weighted by molar-refractivity contribution is 7.94. The van der Waals surface area contributed by atoms with Crippen molar-refractivity contribution in [2.24, 2.45) is 0 Å². The van der Waals surface area contributed by atoms with Crippen LogP contribution < -0.4 is 4.72 Å². The van der Waals surface area contributed by atoms with E-state index in [0.717, 1.165) is 11.3 Å². The van der Waals surface area contributed by atoms with Gasteiger partial charge in [0.05, 0.1) is 22.4 Å². The van der Waals surface area contributed by atoms with Crippen molar-refractivity contribution in [3.63, 3.8) is 0 Å². The van der Waals surface area contributed by atoms with Crippen LogP contribution >= 0.6 is 11.3 Å². The summed E-state index contributed by atoms with van der Waals surface area (Å²) in [7, 11) is -3.91. The molecule has 0 unspecified atom stereocenters. The number of hydrogen-bond donors (Lipinski definition) is 1. The van der Waals surface area contributed by atoms with Crippen LogP contribution in [0.4, 0.5) is 5.69 Å². The Kier molecular flexibility index (Phi) is 4.65. The Morgan fingerprint density at radius 2 is 1.52 bits per heavy atom. The van der Waals surface area contributed by atoms with Gasteiger partial charge in [0.2, 0.25) is 0 Å². The zero-order valence-corrected chi connectivity index (χ0v) is 16.2. The molecule has 0 saturated carbocycles. The van der Waals surface area contributed by atoms with Crippen molar-refractivity contribution in [2.45, 2.75) is 4.21 Å². The number of benzene rings is 2. The molecule has 1 N–H and O–H groups in total. The molecular weight excluding hydrogens is 416 g/mol. The SMILES string of the molecule is O=C(ON1C(=O)c2ccccc2C1=O)c1ccccc1NS(=O)(=O)c1cccs1. The van der Waals surface area contributed by atoms with Crippen molar-refractivity contribution in [2.75, 3.05) is 4.72 Å². The van der Waals surface area contributed by atoms with Crippen molar-refractivity contribution >= 4 is 44.8 Å². The van der Waals surface area contributed by atoms with Gasteiger partial charge in [0, 0.05) is 0 Å². The van der Waals surface area contributed by atoms with E-state index in [2.05, 4.69) is 4.72 Å². The summed E-state index contributed by atoms with van der Waals surface area (Å²) in [5.74, 6) is -2.59. The number of anilines is 1. The Morgan fingerprint density at radius 3 is 2.14 bits per heavy atom. The molecule has 2 amide bonds. The molecule has 10 heteroatoms. The molecule has 2 heterocycles. The number of para-hydroxylation sites is 1. The van der Waals surface area contributed by atoms with Gasteiger partial charge < -0.3 is 4.84 Å². The number of carbonyl (C=O) groups is 3. The fourth-order valence-electron chi connectivity index (χ4n) is 2.74. The summed E-state index contributed by atoms with van der Waals surface area (Å²) in [5, 5.41) is 1.98. The molecule has 0 radical (unpaired) electrons. The quantitative estimate of drug-likeness (QED) is 0.626. The highest BCUT2D eigenvalue weighted by atomic mass is 32.2. The molecule has 1 aromatic heterocycles. The average molecular weight is 428 g/mol. The molecular formula is C19H12N2O6S2. The van der Waals surface area contributed by atoms with E-state index in [0.29, 0.717) is 5.06 Å². The highest BCUT2D eigenvalue weighted by Crippen LogP contribution is 2.26. The number of fused-ring (bicyclic) bond motifs is 1. The topological polar surface area (TPSA) is 110 Å². The maximum absolute atomic E-state index is 12.6. The van der Waals surface area contributed by atoms with Gasteiger partial charge in [-0.05, 0) is 35.7 Å². The van der Waals surface area contributed by atoms with Gasteiger partial charge in [-0.2, -0.15) is 0 Å². The third kappa shape index (κ3) is 3.39. The number of imide groups is 1. The molecule has 1 aliphatic heterocycles. The van der Waals surface area contributed by atoms with Crippen LogP contribution in [-0.2, 0) is 14.9 Å². The van der Waals surface area contributed by atoms with Crippen LogP contribution in [-0.4, -0.2) is 31.3 Å². The molecule has 0 aliphatic carbocycles. The van der Waals surface area contributed by atoms with Crippen molar-refractivity contribution in [1.82, 2.24) is 5.06 Å². The number of rotatable bonds is 5. The second-order valence-corrected chi connectivity index (χ2v) is 8.77. The summed E-state index contributed by atoms with van der Waals surface area (Å²) < 4.78 is 27.3. The monoisotopic (exact) mass is 428 g/mol. The molecule has 0 bridgehead atoms. The molecule has 2 aromatic carbocycles. The van der Waals surface area contributed by atoms with E-state index < -0.39 is 27.8 Å². The van der Waals surface area contributed by atoms with Crippen LogP contribution in [0.25, 0.3) is 0 Å². The van der Waals surface area contributed by atoms with E-state index in [1.807, 2.05) is 0 Å². The third-order valence-electron chi connectivity index (χ3n) is 4.08. The van der Waals surface area contributed by atoms with Crippen molar-refractivity contribution in [1.29, 1.82) is 0 Å². The molecule has 4 rings (SSSR count). The van der Waals surface area contributed by atoms with Crippen LogP contribution in [0.15, 0.2) is 70.3 Å². The predicted molar refractivity (Wildman–Crippen MR) is 104 cm³/mol. The summed E-state index contributed by atoms with van der Waals surface area (Å²) in [5.41, 5.74) is 0.0562. The zero-order chi connectivity index (χ0) is 20.6. The van der Waals surface area contributed by atoms with Crippen molar-refractivity contribution in [3.8, 4) is 0 Å². The summed E-state index contributed by atoms with van der Waals surface area (Å²) in [6, 6.07) is 14.8. The average Bonchev–Trinajstić information content (AvgIpc) is 3.33. The van der Waals surface area contributed by atoms with E-state index in [1.165, 1.54) is 42.5 Å². The number of thiophene rings is 1. The molecule has 1 aliphatic rings. The van der Waals surface area contributed by atoms with Crippen LogP contribution in [0.5, 0.6) is 0 Å². The van der Waals surface area contributed by atoms with Crippen LogP contribution in [0.2, 0.25) is 0 Å². The first-order chi connectivity index (χ1) is 13.9. The molecule has 0 saturated heterocycles. The van der Waals surface area contributed by atoms with Gasteiger partial charge in [-0.15, -0.1) is 11.3 Å². The molecule has 0 spiro atoms. The Morgan fingerprint density at radius 1 is 0.897 bits per heavy atom. The van der Waals surface area contributed by atoms with Gasteiger partial charge in [0.25, 0.3) is 21.8 Å². The van der Waals surface area contributed by atoms with Gasteiger partial charge >= 0.3 is 5.97 Å². The van der Waals surface area contributed by atoms with Crippen molar-refractivity contribution in [3.05, 3.63) is 82.7 Å².